The van der Waals surface area contributed by atoms with Crippen molar-refractivity contribution >= 4 is 24.0 Å². The molecule has 14 heteroatoms. The second-order valence-electron chi connectivity index (χ2n) is 3.13. The lowest BCUT2D eigenvalue weighted by molar-refractivity contribution is -0.140. The Bertz CT molecular complexity index is 364. The molecule has 0 aromatic rings. The van der Waals surface area contributed by atoms with Crippen molar-refractivity contribution in [1.29, 1.82) is 0 Å². The van der Waals surface area contributed by atoms with Crippen molar-refractivity contribution in [2.75, 3.05) is 13.2 Å². The van der Waals surface area contributed by atoms with E-state index in [2.05, 4.69) is 21.7 Å². The summed E-state index contributed by atoms with van der Waals surface area (Å²) in [6.07, 6.45) is 0. The molecule has 0 aliphatic heterocycles. The van der Waals surface area contributed by atoms with Crippen molar-refractivity contribution in [3.05, 3.63) is 0 Å². The normalized spacial score (nSPS) is 12.0. The van der Waals surface area contributed by atoms with Crippen LogP contribution in [-0.4, -0.2) is 69.7 Å². The van der Waals surface area contributed by atoms with Crippen LogP contribution in [0.25, 0.3) is 0 Å². The number of amides is 4. The molecule has 12 N–H and O–H groups in total. The Kier molecular flexibility index (Phi) is 16.3. The van der Waals surface area contributed by atoms with Crippen molar-refractivity contribution in [2.24, 2.45) is 33.2 Å². The molecule has 0 aromatic carbocycles. The van der Waals surface area contributed by atoms with Gasteiger partial charge in [0.15, 0.2) is 0 Å². The second kappa shape index (κ2) is 14.7. The summed E-state index contributed by atoms with van der Waals surface area (Å²) in [7, 11) is 0. The zero-order valence-electron chi connectivity index (χ0n) is 11.2. The summed E-state index contributed by atoms with van der Waals surface area (Å²) in [4.78, 5) is 38.6. The lowest BCUT2D eigenvalue weighted by Crippen LogP contribution is -2.33. The number of azo groups is 1. The number of nitrogens with zero attached hydrogens (tertiary/aromatic N) is 2. The minimum absolute atomic E-state index is 0.505. The number of primary amides is 2. The molecule has 0 rings (SSSR count). The van der Waals surface area contributed by atoms with E-state index in [-0.39, 0.29) is 0 Å². The van der Waals surface area contributed by atoms with Crippen LogP contribution in [0, 0.1) is 0 Å². The fraction of sp³-hybridized carbons (Fsp3) is 0.500. The van der Waals surface area contributed by atoms with Gasteiger partial charge < -0.3 is 43.4 Å². The van der Waals surface area contributed by atoms with Crippen molar-refractivity contribution in [1.82, 2.24) is 0 Å². The summed E-state index contributed by atoms with van der Waals surface area (Å²) < 4.78 is 0. The molecule has 0 bridgehead atoms. The van der Waals surface area contributed by atoms with Gasteiger partial charge in [-0.15, -0.1) is 0 Å². The number of hydrogen-bond acceptors (Lipinski definition) is 8. The van der Waals surface area contributed by atoms with Gasteiger partial charge in [0.25, 0.3) is 0 Å². The van der Waals surface area contributed by atoms with Crippen LogP contribution in [0.2, 0.25) is 0 Å². The van der Waals surface area contributed by atoms with Crippen LogP contribution >= 0.6 is 0 Å². The largest absolute Gasteiger partial charge is 0.480 e. The third-order valence-corrected chi connectivity index (χ3v) is 1.27. The van der Waals surface area contributed by atoms with Gasteiger partial charge in [-0.05, 0) is 0 Å². The van der Waals surface area contributed by atoms with E-state index in [1.54, 1.807) is 0 Å². The maximum Gasteiger partial charge on any atom is 0.357 e. The quantitative estimate of drug-likeness (QED) is 0.234. The highest BCUT2D eigenvalue weighted by molar-refractivity contribution is 5.77. The molecule has 0 saturated heterocycles. The standard InChI is InChI=1S/2C3H7NO3.C2H4N4O2/c2*4-2(1-5)3(6)7;3-1(7)5-6-2(4)8/h2*2,5H,1,4H2,(H,6,7);(H2,3,7)(H2,4,8)/t2*2-;/m00./s1. The van der Waals surface area contributed by atoms with Gasteiger partial charge >= 0.3 is 24.0 Å². The Labute approximate surface area is 123 Å². The topological polar surface area (TPSA) is 278 Å². The third-order valence-electron chi connectivity index (χ3n) is 1.27. The molecular formula is C8H18N6O8. The predicted octanol–water partition coefficient (Wildman–Crippen LogP) is -3.62. The molecule has 0 spiro atoms. The number of aliphatic hydroxyl groups excluding tert-OH is 2. The van der Waals surface area contributed by atoms with Crippen LogP contribution in [0.3, 0.4) is 0 Å². The first kappa shape index (κ1) is 24.3. The SMILES string of the molecule is NC(=O)N=NC(N)=O.N[C@@H](CO)C(=O)O.N[C@@H](CO)C(=O)O. The molecular weight excluding hydrogens is 308 g/mol. The second-order valence-corrected chi connectivity index (χ2v) is 3.13. The van der Waals surface area contributed by atoms with E-state index >= 15 is 0 Å². The van der Waals surface area contributed by atoms with Crippen LogP contribution < -0.4 is 22.9 Å². The van der Waals surface area contributed by atoms with Gasteiger partial charge in [0, 0.05) is 0 Å². The highest BCUT2D eigenvalue weighted by Gasteiger charge is 2.07. The van der Waals surface area contributed by atoms with Gasteiger partial charge in [0.05, 0.1) is 13.2 Å². The molecule has 0 heterocycles. The first-order valence-electron chi connectivity index (χ1n) is 5.18. The van der Waals surface area contributed by atoms with E-state index < -0.39 is 49.3 Å². The smallest absolute Gasteiger partial charge is 0.357 e. The van der Waals surface area contributed by atoms with E-state index in [1.165, 1.54) is 0 Å². The molecule has 22 heavy (non-hydrogen) atoms. The maximum atomic E-state index is 9.66. The van der Waals surface area contributed by atoms with Gasteiger partial charge in [-0.25, -0.2) is 9.59 Å². The van der Waals surface area contributed by atoms with E-state index in [0.717, 1.165) is 0 Å². The molecule has 0 saturated carbocycles. The molecule has 14 nitrogen and oxygen atoms in total. The first-order valence-corrected chi connectivity index (χ1v) is 5.18. The summed E-state index contributed by atoms with van der Waals surface area (Å²) in [5.41, 5.74) is 18.4. The average Bonchev–Trinajstić information content (AvgIpc) is 2.44. The molecule has 128 valence electrons. The maximum absolute atomic E-state index is 9.66. The summed E-state index contributed by atoms with van der Waals surface area (Å²) in [5.74, 6) is -2.36. The summed E-state index contributed by atoms with van der Waals surface area (Å²) in [6, 6.07) is -4.33. The summed E-state index contributed by atoms with van der Waals surface area (Å²) >= 11 is 0. The van der Waals surface area contributed by atoms with Gasteiger partial charge in [-0.3, -0.25) is 9.59 Å². The van der Waals surface area contributed by atoms with E-state index in [1.807, 2.05) is 0 Å². The zero-order chi connectivity index (χ0) is 18.3. The van der Waals surface area contributed by atoms with Gasteiger partial charge in [0.1, 0.15) is 12.1 Å². The van der Waals surface area contributed by atoms with Gasteiger partial charge in [-0.2, -0.15) is 0 Å². The van der Waals surface area contributed by atoms with Crippen molar-refractivity contribution in [3.8, 4) is 0 Å². The molecule has 0 radical (unpaired) electrons. The Morgan fingerprint density at radius 1 is 0.773 bits per heavy atom. The Hall–Kier alpha value is -2.68. The van der Waals surface area contributed by atoms with Gasteiger partial charge in [0.2, 0.25) is 0 Å². The molecule has 0 aliphatic rings. The third kappa shape index (κ3) is 22.5. The highest BCUT2D eigenvalue weighted by atomic mass is 16.4. The van der Waals surface area contributed by atoms with E-state index in [9.17, 15) is 19.2 Å². The van der Waals surface area contributed by atoms with Crippen LogP contribution in [0.15, 0.2) is 10.2 Å². The number of carbonyl (C=O) groups excluding carboxylic acids is 2. The predicted molar refractivity (Wildman–Crippen MR) is 69.4 cm³/mol. The van der Waals surface area contributed by atoms with Crippen molar-refractivity contribution in [2.45, 2.75) is 12.1 Å². The van der Waals surface area contributed by atoms with Crippen molar-refractivity contribution < 1.29 is 39.6 Å². The Balaban J connectivity index is -0.000000247. The molecule has 0 unspecified atom stereocenters. The van der Waals surface area contributed by atoms with Crippen LogP contribution in [0.5, 0.6) is 0 Å². The molecule has 4 amide bonds. The average molecular weight is 326 g/mol. The number of aliphatic hydroxyl groups is 2. The van der Waals surface area contributed by atoms with Crippen LogP contribution in [0.1, 0.15) is 0 Å². The lowest BCUT2D eigenvalue weighted by Gasteiger charge is -1.96. The molecule has 0 aliphatic carbocycles. The number of rotatable bonds is 4. The Morgan fingerprint density at radius 2 is 1.00 bits per heavy atom. The number of hydrogen-bond donors (Lipinski definition) is 8. The molecule has 0 aromatic heterocycles. The lowest BCUT2D eigenvalue weighted by atomic mass is 10.3. The fourth-order valence-electron chi connectivity index (χ4n) is 0.255. The number of carboxylic acids is 2. The minimum Gasteiger partial charge on any atom is -0.480 e. The van der Waals surface area contributed by atoms with Crippen LogP contribution in [0.4, 0.5) is 9.59 Å². The number of nitrogens with two attached hydrogens (primary N) is 4. The van der Waals surface area contributed by atoms with Crippen molar-refractivity contribution in [3.63, 3.8) is 0 Å². The number of carbonyl (C=O) groups is 4. The first-order chi connectivity index (χ1) is 9.99. The van der Waals surface area contributed by atoms with E-state index in [4.69, 9.17) is 31.9 Å². The summed E-state index contributed by atoms with van der Waals surface area (Å²) in [5, 5.41) is 37.0. The monoisotopic (exact) mass is 326 g/mol. The zero-order valence-corrected chi connectivity index (χ0v) is 11.2. The molecule has 2 atom stereocenters. The minimum atomic E-state index is -1.18. The summed E-state index contributed by atoms with van der Waals surface area (Å²) in [6.45, 7) is -1.01. The van der Waals surface area contributed by atoms with E-state index in [0.29, 0.717) is 0 Å². The van der Waals surface area contributed by atoms with Crippen LogP contribution in [-0.2, 0) is 9.59 Å². The Morgan fingerprint density at radius 3 is 1.05 bits per heavy atom. The number of carboxylic acid groups (broad SMARTS) is 2. The number of urea groups is 2. The highest BCUT2D eigenvalue weighted by Crippen LogP contribution is 1.72. The fourth-order valence-corrected chi connectivity index (χ4v) is 0.255. The van der Waals surface area contributed by atoms with Gasteiger partial charge in [-0.1, -0.05) is 10.2 Å². The molecule has 0 fully saturated rings. The number of aliphatic carboxylic acids is 2.